The molecule has 1 unspecified atom stereocenters. The van der Waals surface area contributed by atoms with Crippen LogP contribution in [0.5, 0.6) is 0 Å². The van der Waals surface area contributed by atoms with E-state index in [0.29, 0.717) is 12.2 Å². The SMILES string of the molecule is CC1=C(O)C(=O)C(C)O1.O=C1CC=CO1. The molecule has 2 aliphatic heterocycles. The highest BCUT2D eigenvalue weighted by molar-refractivity contribution is 5.98. The van der Waals surface area contributed by atoms with Crippen molar-refractivity contribution < 1.29 is 24.2 Å². The number of esters is 1. The lowest BCUT2D eigenvalue weighted by Gasteiger charge is -1.99. The van der Waals surface area contributed by atoms with Crippen LogP contribution in [0.15, 0.2) is 23.9 Å². The summed E-state index contributed by atoms with van der Waals surface area (Å²) in [6.07, 6.45) is 3.04. The fraction of sp³-hybridized carbons (Fsp3) is 0.400. The molecule has 0 aliphatic carbocycles. The van der Waals surface area contributed by atoms with Crippen molar-refractivity contribution in [2.24, 2.45) is 0 Å². The predicted octanol–water partition coefficient (Wildman–Crippen LogP) is 1.21. The Morgan fingerprint density at radius 3 is 2.27 bits per heavy atom. The van der Waals surface area contributed by atoms with Crippen LogP contribution < -0.4 is 0 Å². The summed E-state index contributed by atoms with van der Waals surface area (Å²) in [6.45, 7) is 3.17. The van der Waals surface area contributed by atoms with Gasteiger partial charge in [-0.2, -0.15) is 0 Å². The molecule has 5 heteroatoms. The van der Waals surface area contributed by atoms with Crippen LogP contribution in [-0.2, 0) is 19.1 Å². The second-order valence-corrected chi connectivity index (χ2v) is 3.09. The predicted molar refractivity (Wildman–Crippen MR) is 50.7 cm³/mol. The number of ether oxygens (including phenoxy) is 2. The molecule has 2 heterocycles. The lowest BCUT2D eigenvalue weighted by atomic mass is 10.2. The minimum Gasteiger partial charge on any atom is -0.502 e. The number of carbonyl (C=O) groups is 2. The summed E-state index contributed by atoms with van der Waals surface area (Å²) in [5.74, 6) is -0.391. The summed E-state index contributed by atoms with van der Waals surface area (Å²) in [5, 5.41) is 8.84. The zero-order valence-corrected chi connectivity index (χ0v) is 8.52. The van der Waals surface area contributed by atoms with Gasteiger partial charge in [-0.25, -0.2) is 0 Å². The van der Waals surface area contributed by atoms with Gasteiger partial charge >= 0.3 is 5.97 Å². The first-order valence-electron chi connectivity index (χ1n) is 4.47. The van der Waals surface area contributed by atoms with Gasteiger partial charge in [0.1, 0.15) is 5.76 Å². The fourth-order valence-electron chi connectivity index (χ4n) is 1.06. The third-order valence-corrected chi connectivity index (χ3v) is 1.87. The molecule has 0 saturated carbocycles. The zero-order valence-electron chi connectivity index (χ0n) is 8.52. The smallest absolute Gasteiger partial charge is 0.314 e. The van der Waals surface area contributed by atoms with Gasteiger partial charge in [0.2, 0.25) is 11.5 Å². The molecule has 0 radical (unpaired) electrons. The van der Waals surface area contributed by atoms with E-state index < -0.39 is 6.10 Å². The molecule has 0 saturated heterocycles. The molecular weight excluding hydrogens is 200 g/mol. The highest BCUT2D eigenvalue weighted by atomic mass is 16.5. The molecule has 2 rings (SSSR count). The Morgan fingerprint density at radius 1 is 1.47 bits per heavy atom. The van der Waals surface area contributed by atoms with E-state index in [0.717, 1.165) is 0 Å². The first-order chi connectivity index (χ1) is 7.02. The van der Waals surface area contributed by atoms with Crippen LogP contribution in [0.3, 0.4) is 0 Å². The van der Waals surface area contributed by atoms with E-state index in [4.69, 9.17) is 9.84 Å². The average Bonchev–Trinajstić information content (AvgIpc) is 2.73. The monoisotopic (exact) mass is 212 g/mol. The number of rotatable bonds is 0. The van der Waals surface area contributed by atoms with Gasteiger partial charge in [-0.15, -0.1) is 0 Å². The third-order valence-electron chi connectivity index (χ3n) is 1.87. The van der Waals surface area contributed by atoms with Crippen molar-refractivity contribution in [2.45, 2.75) is 26.4 Å². The number of carbonyl (C=O) groups excluding carboxylic acids is 2. The van der Waals surface area contributed by atoms with Gasteiger partial charge in [0, 0.05) is 0 Å². The molecule has 82 valence electrons. The second kappa shape index (κ2) is 4.63. The summed E-state index contributed by atoms with van der Waals surface area (Å²) >= 11 is 0. The Kier molecular flexibility index (Phi) is 3.49. The quantitative estimate of drug-likeness (QED) is 0.611. The molecule has 2 aliphatic rings. The van der Waals surface area contributed by atoms with Crippen molar-refractivity contribution >= 4 is 11.8 Å². The number of hydrogen-bond acceptors (Lipinski definition) is 5. The van der Waals surface area contributed by atoms with Crippen LogP contribution in [0.2, 0.25) is 0 Å². The number of aliphatic hydroxyl groups is 1. The van der Waals surface area contributed by atoms with Crippen LogP contribution in [0.25, 0.3) is 0 Å². The normalized spacial score (nSPS) is 23.5. The summed E-state index contributed by atoms with van der Waals surface area (Å²) in [5.41, 5.74) is 0. The average molecular weight is 212 g/mol. The molecule has 1 N–H and O–H groups in total. The van der Waals surface area contributed by atoms with Gasteiger partial charge in [0.25, 0.3) is 0 Å². The molecule has 0 bridgehead atoms. The number of ketones is 1. The molecule has 15 heavy (non-hydrogen) atoms. The van der Waals surface area contributed by atoms with Gasteiger partial charge in [-0.05, 0) is 19.9 Å². The Balaban J connectivity index is 0.000000162. The maximum Gasteiger partial charge on any atom is 0.314 e. The molecule has 0 aromatic carbocycles. The fourth-order valence-corrected chi connectivity index (χ4v) is 1.06. The van der Waals surface area contributed by atoms with E-state index in [1.54, 1.807) is 19.9 Å². The maximum absolute atomic E-state index is 10.7. The van der Waals surface area contributed by atoms with E-state index in [2.05, 4.69) is 4.74 Å². The van der Waals surface area contributed by atoms with Crippen molar-refractivity contribution in [3.8, 4) is 0 Å². The van der Waals surface area contributed by atoms with Crippen LogP contribution in [0.4, 0.5) is 0 Å². The largest absolute Gasteiger partial charge is 0.502 e. The number of cyclic esters (lactones) is 1. The van der Waals surface area contributed by atoms with Gasteiger partial charge < -0.3 is 14.6 Å². The Bertz CT molecular complexity index is 330. The maximum atomic E-state index is 10.7. The van der Waals surface area contributed by atoms with E-state index >= 15 is 0 Å². The standard InChI is InChI=1S/C6H8O3.C4H4O2/c1-3-5(7)6(8)4(2)9-3;5-4-2-1-3-6-4/h3,8H,1-2H3;1,3H,2H2. The molecule has 0 spiro atoms. The summed E-state index contributed by atoms with van der Waals surface area (Å²) in [7, 11) is 0. The van der Waals surface area contributed by atoms with Crippen LogP contribution >= 0.6 is 0 Å². The van der Waals surface area contributed by atoms with Crippen molar-refractivity contribution in [3.05, 3.63) is 23.9 Å². The van der Waals surface area contributed by atoms with E-state index in [-0.39, 0.29) is 17.5 Å². The minimum absolute atomic E-state index is 0.157. The van der Waals surface area contributed by atoms with Crippen LogP contribution in [-0.4, -0.2) is 23.0 Å². The lowest BCUT2D eigenvalue weighted by molar-refractivity contribution is -0.135. The minimum atomic E-state index is -0.495. The molecule has 0 aromatic heterocycles. The highest BCUT2D eigenvalue weighted by Crippen LogP contribution is 2.17. The van der Waals surface area contributed by atoms with Gasteiger partial charge in [0.05, 0.1) is 12.7 Å². The van der Waals surface area contributed by atoms with Crippen molar-refractivity contribution in [3.63, 3.8) is 0 Å². The number of aliphatic hydroxyl groups excluding tert-OH is 1. The van der Waals surface area contributed by atoms with Crippen LogP contribution in [0.1, 0.15) is 20.3 Å². The number of hydrogen-bond donors (Lipinski definition) is 1. The summed E-state index contributed by atoms with van der Waals surface area (Å²) < 4.78 is 9.20. The molecule has 0 amide bonds. The van der Waals surface area contributed by atoms with Crippen LogP contribution in [0, 0.1) is 0 Å². The number of Topliss-reactive ketones (excluding diaryl/α,β-unsaturated/α-hetero) is 1. The Hall–Kier alpha value is -1.78. The van der Waals surface area contributed by atoms with Crippen molar-refractivity contribution in [1.29, 1.82) is 0 Å². The molecule has 1 atom stereocenters. The summed E-state index contributed by atoms with van der Waals surface area (Å²) in [6, 6.07) is 0. The van der Waals surface area contributed by atoms with Crippen molar-refractivity contribution in [2.75, 3.05) is 0 Å². The molecular formula is C10H12O5. The van der Waals surface area contributed by atoms with Gasteiger partial charge in [-0.3, -0.25) is 9.59 Å². The third kappa shape index (κ3) is 2.83. The first kappa shape index (κ1) is 11.3. The second-order valence-electron chi connectivity index (χ2n) is 3.09. The summed E-state index contributed by atoms with van der Waals surface area (Å²) in [4.78, 5) is 20.6. The molecule has 0 aromatic rings. The highest BCUT2D eigenvalue weighted by Gasteiger charge is 2.28. The Labute approximate surface area is 87.0 Å². The van der Waals surface area contributed by atoms with E-state index in [9.17, 15) is 9.59 Å². The number of allylic oxidation sites excluding steroid dienone is 1. The lowest BCUT2D eigenvalue weighted by Crippen LogP contribution is -2.12. The molecule has 0 fully saturated rings. The van der Waals surface area contributed by atoms with E-state index in [1.165, 1.54) is 6.26 Å². The van der Waals surface area contributed by atoms with Crippen molar-refractivity contribution in [1.82, 2.24) is 0 Å². The molecule has 5 nitrogen and oxygen atoms in total. The topological polar surface area (TPSA) is 72.8 Å². The van der Waals surface area contributed by atoms with Gasteiger partial charge in [-0.1, -0.05) is 0 Å². The Morgan fingerprint density at radius 2 is 2.13 bits per heavy atom. The van der Waals surface area contributed by atoms with E-state index in [1.807, 2.05) is 0 Å². The van der Waals surface area contributed by atoms with Gasteiger partial charge in [0.15, 0.2) is 6.10 Å². The zero-order chi connectivity index (χ0) is 11.4. The first-order valence-corrected chi connectivity index (χ1v) is 4.47.